The molecule has 8 aliphatic heterocycles. The molecule has 32 heteroatoms. The van der Waals surface area contributed by atoms with Crippen molar-refractivity contribution >= 4 is 94.0 Å². The monoisotopic (exact) mass is 1610 g/mol. The van der Waals surface area contributed by atoms with Crippen LogP contribution < -0.4 is 22.1 Å². The summed E-state index contributed by atoms with van der Waals surface area (Å²) in [5.41, 5.74) is 11.7. The van der Waals surface area contributed by atoms with Crippen LogP contribution in [-0.2, 0) is 76.2 Å². The van der Waals surface area contributed by atoms with Crippen molar-refractivity contribution in [2.45, 2.75) is 166 Å². The van der Waals surface area contributed by atoms with Gasteiger partial charge in [0.2, 0.25) is 0 Å². The van der Waals surface area contributed by atoms with Crippen molar-refractivity contribution in [3.63, 3.8) is 0 Å². The lowest BCUT2D eigenvalue weighted by Crippen LogP contribution is -2.52. The van der Waals surface area contributed by atoms with Crippen LogP contribution in [0.25, 0.3) is 0 Å². The van der Waals surface area contributed by atoms with Gasteiger partial charge in [-0.05, 0) is 205 Å². The van der Waals surface area contributed by atoms with Gasteiger partial charge in [-0.25, -0.2) is 19.2 Å². The van der Waals surface area contributed by atoms with Crippen molar-refractivity contribution in [1.82, 2.24) is 39.2 Å². The van der Waals surface area contributed by atoms with Crippen LogP contribution >= 0.6 is 23.2 Å². The fourth-order valence-corrected chi connectivity index (χ4v) is 17.7. The zero-order valence-electron chi connectivity index (χ0n) is 63.7. The summed E-state index contributed by atoms with van der Waals surface area (Å²) in [6, 6.07) is 19.0. The van der Waals surface area contributed by atoms with E-state index < -0.39 is 71.1 Å². The number of anilines is 4. The van der Waals surface area contributed by atoms with Crippen LogP contribution in [0.5, 0.6) is 0 Å². The Morgan fingerprint density at radius 2 is 0.848 bits per heavy atom. The Labute approximate surface area is 659 Å². The fourth-order valence-electron chi connectivity index (χ4n) is 17.2. The topological polar surface area (TPSA) is 276 Å². The Balaban J connectivity index is 0.000000222. The zero-order chi connectivity index (χ0) is 80.0. The molecule has 0 radical (unpaired) electrons. The Bertz CT molecular complexity index is 3950. The highest BCUT2D eigenvalue weighted by Crippen LogP contribution is 2.42. The van der Waals surface area contributed by atoms with Gasteiger partial charge in [0.25, 0.3) is 11.8 Å². The predicted octanol–water partition coefficient (Wildman–Crippen LogP) is 12.9. The Morgan fingerprint density at radius 1 is 0.491 bits per heavy atom. The summed E-state index contributed by atoms with van der Waals surface area (Å²) in [5, 5.41) is 5.36. The first-order chi connectivity index (χ1) is 53.6. The second-order valence-corrected chi connectivity index (χ2v) is 31.6. The third-order valence-electron chi connectivity index (χ3n) is 23.7. The minimum Gasteiger partial charge on any atom is -0.468 e. The van der Waals surface area contributed by atoms with Gasteiger partial charge >= 0.3 is 48.5 Å². The molecule has 0 bridgehead atoms. The number of carbonyl (C=O) groups excluding carboxylic acids is 8. The number of fused-ring (bicyclic) bond motifs is 2. The molecule has 4 aromatic carbocycles. The van der Waals surface area contributed by atoms with Gasteiger partial charge in [-0.15, -0.1) is 0 Å². The summed E-state index contributed by atoms with van der Waals surface area (Å²) in [5.74, 6) is 0.237. The first kappa shape index (κ1) is 84.4. The number of nitrogen functional groups attached to an aromatic ring is 2. The van der Waals surface area contributed by atoms with Gasteiger partial charge in [0.15, 0.2) is 12.2 Å². The molecule has 4 aromatic rings. The zero-order valence-corrected chi connectivity index (χ0v) is 65.2. The smallest absolute Gasteiger partial charge is 0.418 e. The number of para-hydroxylation sites is 2. The SMILES string of the molecule is CCCCCOC(=O)CN1CCC(C2CCN(C(=O)[C@@H](Cc3cc(Cl)c(N)c(C(F)(F)F)c3)OC(=O)N3CCC(N4CCc5ccccc5NC4=O)CC3)CC2)CC1.COC(=O)CN1CCC(C2CCN(C(=O)[C@@H](Cc3cc(Cl)c(N)c(C(F)(F)F)c3)OC(=O)N3CCC(N4CCc5ccccc5NC4=O)CC3)CC2)CC1. The molecular formula is C80H104Cl2F6N12O12. The van der Waals surface area contributed by atoms with E-state index in [0.29, 0.717) is 115 Å². The number of ether oxygens (including phenoxy) is 4. The lowest BCUT2D eigenvalue weighted by molar-refractivity contribution is -0.146. The number of benzene rings is 4. The van der Waals surface area contributed by atoms with Crippen molar-refractivity contribution in [1.29, 1.82) is 0 Å². The lowest BCUT2D eigenvalue weighted by Gasteiger charge is -2.41. The van der Waals surface area contributed by atoms with Crippen molar-refractivity contribution in [2.24, 2.45) is 23.7 Å². The van der Waals surface area contributed by atoms with Crippen LogP contribution in [0, 0.1) is 23.7 Å². The lowest BCUT2D eigenvalue weighted by atomic mass is 9.78. The quantitative estimate of drug-likeness (QED) is 0.0210. The number of carbonyl (C=O) groups is 8. The van der Waals surface area contributed by atoms with Gasteiger partial charge in [0.05, 0.1) is 59.4 Å². The molecule has 0 aliphatic carbocycles. The maximum atomic E-state index is 14.2. The fraction of sp³-hybridized carbons (Fsp3) is 0.600. The maximum Gasteiger partial charge on any atom is 0.418 e. The van der Waals surface area contributed by atoms with Crippen molar-refractivity contribution in [3.8, 4) is 0 Å². The number of alkyl halides is 6. The van der Waals surface area contributed by atoms with E-state index in [1.807, 2.05) is 48.5 Å². The number of hydrogen-bond donors (Lipinski definition) is 4. The maximum absolute atomic E-state index is 14.2. The molecule has 24 nitrogen and oxygen atoms in total. The van der Waals surface area contributed by atoms with Gasteiger partial charge < -0.3 is 70.4 Å². The molecule has 8 aliphatic rings. The number of hydrogen-bond acceptors (Lipinski definition) is 16. The van der Waals surface area contributed by atoms with Crippen LogP contribution in [0.1, 0.15) is 137 Å². The van der Waals surface area contributed by atoms with Crippen LogP contribution in [0.3, 0.4) is 0 Å². The Kier molecular flexibility index (Phi) is 29.1. The normalized spacial score (nSPS) is 19.9. The van der Waals surface area contributed by atoms with E-state index in [4.69, 9.17) is 53.6 Å². The number of amides is 8. The highest BCUT2D eigenvalue weighted by atomic mass is 35.5. The molecule has 8 amide bonds. The molecule has 112 heavy (non-hydrogen) atoms. The number of rotatable bonds is 20. The molecule has 6 fully saturated rings. The number of esters is 2. The molecule has 0 unspecified atom stereocenters. The molecule has 0 aromatic heterocycles. The molecule has 6 saturated heterocycles. The second kappa shape index (κ2) is 38.6. The number of piperidine rings is 6. The summed E-state index contributed by atoms with van der Waals surface area (Å²) in [4.78, 5) is 120. The highest BCUT2D eigenvalue weighted by Gasteiger charge is 2.43. The number of urea groups is 2. The van der Waals surface area contributed by atoms with Crippen molar-refractivity contribution in [3.05, 3.63) is 116 Å². The minimum absolute atomic E-state index is 0.0631. The highest BCUT2D eigenvalue weighted by molar-refractivity contribution is 6.33. The number of nitrogens with zero attached hydrogens (tertiary/aromatic N) is 8. The average Bonchev–Trinajstić information content (AvgIpc) is 0.902. The van der Waals surface area contributed by atoms with E-state index in [0.717, 1.165) is 131 Å². The molecule has 6 N–H and O–H groups in total. The average molecular weight is 1610 g/mol. The molecule has 0 spiro atoms. The van der Waals surface area contributed by atoms with Gasteiger partial charge in [-0.2, -0.15) is 26.3 Å². The summed E-state index contributed by atoms with van der Waals surface area (Å²) >= 11 is 12.3. The van der Waals surface area contributed by atoms with Gasteiger partial charge in [-0.3, -0.25) is 29.0 Å². The number of halogens is 8. The van der Waals surface area contributed by atoms with Crippen LogP contribution in [0.15, 0.2) is 72.8 Å². The number of likely N-dealkylation sites (tertiary alicyclic amines) is 6. The van der Waals surface area contributed by atoms with E-state index in [1.165, 1.54) is 29.0 Å². The molecular weight excluding hydrogens is 1510 g/mol. The van der Waals surface area contributed by atoms with Crippen LogP contribution in [0.4, 0.5) is 68.3 Å². The number of nitrogens with two attached hydrogens (primary N) is 2. The number of unbranched alkanes of at least 4 members (excludes halogenated alkanes) is 2. The molecule has 8 heterocycles. The Morgan fingerprint density at radius 3 is 1.21 bits per heavy atom. The first-order valence-electron chi connectivity index (χ1n) is 39.4. The van der Waals surface area contributed by atoms with Gasteiger partial charge in [0, 0.05) is 102 Å². The number of nitrogens with one attached hydrogen (secondary N) is 2. The van der Waals surface area contributed by atoms with E-state index in [2.05, 4.69) is 27.4 Å². The standard InChI is InChI=1S/C42H56ClF3N6O6.C38H48ClF3N6O6/c1-2-3-6-23-57-37(53)27-49-16-9-29(10-17-49)30-11-18-50(19-12-30)39(54)36(26-28-24-33(42(44,45)46)38(47)34(43)25-28)58-41(56)51-20-14-32(15-21-51)52-22-13-31-7-4-5-8-35(31)48-40(52)55;1-53-33(49)23-45-13-6-25(7-14-45)26-8-15-46(16-9-26)35(50)32(22-24-20-29(38(40,41)42)34(43)30(39)21-24)54-37(52)47-17-11-28(12-18-47)48-19-10-27-4-2-3-5-31(27)44-36(48)51/h4-5,7-8,24-25,29-30,32,36H,2-3,6,9-23,26-27,47H2,1H3,(H,48,55);2-5,20-21,25-26,28,32H,6-19,22-23,43H2,1H3,(H,44,51)/t36-;32-/m11/s1. The van der Waals surface area contributed by atoms with Crippen molar-refractivity contribution in [2.75, 3.05) is 141 Å². The first-order valence-corrected chi connectivity index (χ1v) is 40.1. The third kappa shape index (κ3) is 22.1. The molecule has 2 atom stereocenters. The molecule has 612 valence electrons. The number of methoxy groups -OCH3 is 1. The van der Waals surface area contributed by atoms with Crippen LogP contribution in [0.2, 0.25) is 10.0 Å². The van der Waals surface area contributed by atoms with Gasteiger partial charge in [0.1, 0.15) is 0 Å². The van der Waals surface area contributed by atoms with E-state index >= 15 is 0 Å². The summed E-state index contributed by atoms with van der Waals surface area (Å²) < 4.78 is 105. The molecule has 12 rings (SSSR count). The predicted molar refractivity (Wildman–Crippen MR) is 410 cm³/mol. The largest absolute Gasteiger partial charge is 0.468 e. The van der Waals surface area contributed by atoms with Gasteiger partial charge in [-0.1, -0.05) is 79.4 Å². The minimum atomic E-state index is -4.78. The summed E-state index contributed by atoms with van der Waals surface area (Å²) in [6.07, 6.45) is -1.45. The second-order valence-electron chi connectivity index (χ2n) is 30.8. The van der Waals surface area contributed by atoms with E-state index in [9.17, 15) is 64.7 Å². The van der Waals surface area contributed by atoms with Crippen LogP contribution in [-0.4, -0.2) is 230 Å². The Hall–Kier alpha value is -8.48. The molecule has 0 saturated carbocycles. The van der Waals surface area contributed by atoms with Crippen molar-refractivity contribution < 1.29 is 83.6 Å². The van der Waals surface area contributed by atoms with E-state index in [-0.39, 0.29) is 103 Å². The summed E-state index contributed by atoms with van der Waals surface area (Å²) in [7, 11) is 1.38. The summed E-state index contributed by atoms with van der Waals surface area (Å²) in [6.45, 7) is 10.1. The third-order valence-corrected chi connectivity index (χ3v) is 24.3. The van der Waals surface area contributed by atoms with E-state index in [1.54, 1.807) is 19.6 Å².